The maximum Gasteiger partial charge on any atom is 0.261 e. The highest BCUT2D eigenvalue weighted by molar-refractivity contribution is 7.92. The fourth-order valence-corrected chi connectivity index (χ4v) is 3.47. The number of amides is 1. The number of hydrogen-bond acceptors (Lipinski definition) is 3. The van der Waals surface area contributed by atoms with Gasteiger partial charge in [0.05, 0.1) is 4.90 Å². The molecule has 0 aliphatic heterocycles. The van der Waals surface area contributed by atoms with Crippen LogP contribution in [0.2, 0.25) is 0 Å². The molecular formula is C20H26N2O3S. The topological polar surface area (TPSA) is 75.3 Å². The van der Waals surface area contributed by atoms with Crippen molar-refractivity contribution < 1.29 is 13.2 Å². The molecule has 0 fully saturated rings. The van der Waals surface area contributed by atoms with Crippen LogP contribution in [0.5, 0.6) is 0 Å². The van der Waals surface area contributed by atoms with E-state index >= 15 is 0 Å². The summed E-state index contributed by atoms with van der Waals surface area (Å²) in [4.78, 5) is 12.3. The van der Waals surface area contributed by atoms with Crippen LogP contribution < -0.4 is 10.0 Å². The van der Waals surface area contributed by atoms with E-state index in [1.165, 1.54) is 12.1 Å². The first kappa shape index (κ1) is 20.0. The highest BCUT2D eigenvalue weighted by Gasteiger charge is 2.19. The zero-order valence-electron chi connectivity index (χ0n) is 15.8. The van der Waals surface area contributed by atoms with Crippen LogP contribution in [0.25, 0.3) is 0 Å². The first-order valence-electron chi connectivity index (χ1n) is 8.53. The maximum atomic E-state index is 12.6. The van der Waals surface area contributed by atoms with Crippen LogP contribution in [-0.4, -0.2) is 19.9 Å². The van der Waals surface area contributed by atoms with E-state index in [1.807, 2.05) is 32.9 Å². The van der Waals surface area contributed by atoms with Crippen LogP contribution in [0.15, 0.2) is 53.4 Å². The van der Waals surface area contributed by atoms with Crippen LogP contribution in [0.3, 0.4) is 0 Å². The zero-order chi connectivity index (χ0) is 19.5. The third-order valence-electron chi connectivity index (χ3n) is 3.72. The van der Waals surface area contributed by atoms with Gasteiger partial charge in [-0.1, -0.05) is 32.0 Å². The largest absolute Gasteiger partial charge is 0.347 e. The van der Waals surface area contributed by atoms with Gasteiger partial charge in [0.25, 0.3) is 15.9 Å². The minimum atomic E-state index is -3.78. The van der Waals surface area contributed by atoms with Crippen LogP contribution in [0.1, 0.15) is 56.5 Å². The van der Waals surface area contributed by atoms with E-state index in [2.05, 4.69) is 23.9 Å². The average Bonchev–Trinajstić information content (AvgIpc) is 2.53. The lowest BCUT2D eigenvalue weighted by Crippen LogP contribution is -2.40. The Morgan fingerprint density at radius 2 is 1.62 bits per heavy atom. The van der Waals surface area contributed by atoms with E-state index in [0.29, 0.717) is 17.2 Å². The molecule has 0 aliphatic rings. The minimum absolute atomic E-state index is 0.0481. The second-order valence-corrected chi connectivity index (χ2v) is 9.30. The van der Waals surface area contributed by atoms with Gasteiger partial charge < -0.3 is 5.32 Å². The van der Waals surface area contributed by atoms with E-state index in [0.717, 1.165) is 5.56 Å². The lowest BCUT2D eigenvalue weighted by Gasteiger charge is -2.20. The van der Waals surface area contributed by atoms with E-state index in [9.17, 15) is 13.2 Å². The Bertz CT molecular complexity index is 880. The summed E-state index contributed by atoms with van der Waals surface area (Å²) < 4.78 is 27.8. The molecule has 1 amide bonds. The molecule has 0 aromatic heterocycles. The number of anilines is 1. The number of sulfonamides is 1. The van der Waals surface area contributed by atoms with Crippen molar-refractivity contribution in [3.63, 3.8) is 0 Å². The van der Waals surface area contributed by atoms with Gasteiger partial charge in [0.15, 0.2) is 0 Å². The number of hydrogen-bond donors (Lipinski definition) is 2. The second-order valence-electron chi connectivity index (χ2n) is 7.61. The zero-order valence-corrected chi connectivity index (χ0v) is 16.6. The van der Waals surface area contributed by atoms with Gasteiger partial charge >= 0.3 is 0 Å². The molecule has 0 unspecified atom stereocenters. The smallest absolute Gasteiger partial charge is 0.261 e. The Morgan fingerprint density at radius 3 is 2.15 bits per heavy atom. The van der Waals surface area contributed by atoms with Gasteiger partial charge in [-0.25, -0.2) is 8.42 Å². The second kappa shape index (κ2) is 7.50. The molecule has 26 heavy (non-hydrogen) atoms. The fourth-order valence-electron chi connectivity index (χ4n) is 2.37. The fraction of sp³-hybridized carbons (Fsp3) is 0.350. The van der Waals surface area contributed by atoms with Gasteiger partial charge in [-0.3, -0.25) is 9.52 Å². The van der Waals surface area contributed by atoms with E-state index in [-0.39, 0.29) is 10.8 Å². The van der Waals surface area contributed by atoms with Crippen LogP contribution in [0, 0.1) is 0 Å². The van der Waals surface area contributed by atoms with E-state index in [4.69, 9.17) is 0 Å². The highest BCUT2D eigenvalue weighted by Crippen LogP contribution is 2.21. The molecule has 0 spiro atoms. The van der Waals surface area contributed by atoms with Crippen molar-refractivity contribution in [2.75, 3.05) is 4.72 Å². The first-order valence-corrected chi connectivity index (χ1v) is 10.0. The van der Waals surface area contributed by atoms with Crippen molar-refractivity contribution in [2.45, 2.75) is 51.0 Å². The summed E-state index contributed by atoms with van der Waals surface area (Å²) in [5, 5.41) is 2.83. The predicted octanol–water partition coefficient (Wildman–Crippen LogP) is 4.14. The van der Waals surface area contributed by atoms with E-state index < -0.39 is 15.6 Å². The van der Waals surface area contributed by atoms with Gasteiger partial charge in [-0.15, -0.1) is 0 Å². The van der Waals surface area contributed by atoms with Crippen molar-refractivity contribution in [3.8, 4) is 0 Å². The number of carbonyl (C=O) groups excluding carboxylic acids is 1. The molecule has 0 heterocycles. The lowest BCUT2D eigenvalue weighted by molar-refractivity contribution is 0.0919. The van der Waals surface area contributed by atoms with Crippen molar-refractivity contribution in [1.82, 2.24) is 5.32 Å². The molecule has 0 radical (unpaired) electrons. The molecule has 0 bridgehead atoms. The summed E-state index contributed by atoms with van der Waals surface area (Å²) in [6.45, 7) is 9.76. The number of carbonyl (C=O) groups is 1. The highest BCUT2D eigenvalue weighted by atomic mass is 32.2. The third-order valence-corrected chi connectivity index (χ3v) is 5.10. The molecule has 140 valence electrons. The quantitative estimate of drug-likeness (QED) is 0.826. The Balaban J connectivity index is 2.23. The normalized spacial score (nSPS) is 12.1. The number of rotatable bonds is 5. The summed E-state index contributed by atoms with van der Waals surface area (Å²) in [6, 6.07) is 13.3. The van der Waals surface area contributed by atoms with Crippen molar-refractivity contribution in [1.29, 1.82) is 0 Å². The Labute approximate surface area is 155 Å². The standard InChI is InChI=1S/C20H26N2O3S/c1-14(2)15-9-11-17(12-10-15)22-26(24,25)18-8-6-7-16(13-18)19(23)21-20(3,4)5/h6-14,22H,1-5H3,(H,21,23). The molecule has 0 atom stereocenters. The summed E-state index contributed by atoms with van der Waals surface area (Å²) in [7, 11) is -3.78. The molecule has 2 aromatic carbocycles. The molecule has 2 aromatic rings. The van der Waals surface area contributed by atoms with Gasteiger partial charge in [-0.05, 0) is 62.6 Å². The summed E-state index contributed by atoms with van der Waals surface area (Å²) in [5.41, 5.74) is 1.52. The van der Waals surface area contributed by atoms with E-state index in [1.54, 1.807) is 24.3 Å². The molecule has 5 nitrogen and oxygen atoms in total. The third kappa shape index (κ3) is 5.33. The van der Waals surface area contributed by atoms with Gasteiger partial charge in [0, 0.05) is 16.8 Å². The van der Waals surface area contributed by atoms with Crippen molar-refractivity contribution >= 4 is 21.6 Å². The predicted molar refractivity (Wildman–Crippen MR) is 105 cm³/mol. The SMILES string of the molecule is CC(C)c1ccc(NS(=O)(=O)c2cccc(C(=O)NC(C)(C)C)c2)cc1. The Morgan fingerprint density at radius 1 is 1.00 bits per heavy atom. The molecule has 0 aliphatic carbocycles. The maximum absolute atomic E-state index is 12.6. The lowest BCUT2D eigenvalue weighted by atomic mass is 10.0. The molecule has 0 saturated heterocycles. The van der Waals surface area contributed by atoms with Gasteiger partial charge in [-0.2, -0.15) is 0 Å². The number of benzene rings is 2. The van der Waals surface area contributed by atoms with Gasteiger partial charge in [0.2, 0.25) is 0 Å². The molecular weight excluding hydrogens is 348 g/mol. The van der Waals surface area contributed by atoms with Gasteiger partial charge in [0.1, 0.15) is 0 Å². The summed E-state index contributed by atoms with van der Waals surface area (Å²) in [5.74, 6) is 0.0644. The minimum Gasteiger partial charge on any atom is -0.347 e. The molecule has 2 rings (SSSR count). The first-order chi connectivity index (χ1) is 12.0. The van der Waals surface area contributed by atoms with Crippen molar-refractivity contribution in [2.24, 2.45) is 0 Å². The molecule has 0 saturated carbocycles. The van der Waals surface area contributed by atoms with Crippen LogP contribution in [0.4, 0.5) is 5.69 Å². The average molecular weight is 375 g/mol. The Kier molecular flexibility index (Phi) is 5.76. The van der Waals surface area contributed by atoms with Crippen LogP contribution >= 0.6 is 0 Å². The Hall–Kier alpha value is -2.34. The summed E-state index contributed by atoms with van der Waals surface area (Å²) in [6.07, 6.45) is 0. The monoisotopic (exact) mass is 374 g/mol. The molecule has 6 heteroatoms. The summed E-state index contributed by atoms with van der Waals surface area (Å²) >= 11 is 0. The number of nitrogens with one attached hydrogen (secondary N) is 2. The van der Waals surface area contributed by atoms with Crippen molar-refractivity contribution in [3.05, 3.63) is 59.7 Å². The van der Waals surface area contributed by atoms with Crippen LogP contribution in [-0.2, 0) is 10.0 Å². The molecule has 2 N–H and O–H groups in total.